The Kier molecular flexibility index (Phi) is 6.30. The molecule has 1 aliphatic rings. The van der Waals surface area contributed by atoms with Crippen LogP contribution in [0.1, 0.15) is 12.5 Å². The van der Waals surface area contributed by atoms with Gasteiger partial charge in [0, 0.05) is 38.9 Å². The summed E-state index contributed by atoms with van der Waals surface area (Å²) >= 11 is 0. The number of benzene rings is 1. The summed E-state index contributed by atoms with van der Waals surface area (Å²) < 4.78 is 10.2. The molecule has 3 rings (SSSR count). The summed E-state index contributed by atoms with van der Waals surface area (Å²) in [6, 6.07) is 9.75. The molecule has 1 N–H and O–H groups in total. The van der Waals surface area contributed by atoms with Crippen molar-refractivity contribution in [2.24, 2.45) is 0 Å². The Morgan fingerprint density at radius 3 is 2.56 bits per heavy atom. The summed E-state index contributed by atoms with van der Waals surface area (Å²) in [5.41, 5.74) is 1.12. The van der Waals surface area contributed by atoms with Crippen LogP contribution in [-0.2, 0) is 11.3 Å². The Labute approximate surface area is 159 Å². The molecule has 0 spiro atoms. The zero-order chi connectivity index (χ0) is 19.1. The summed E-state index contributed by atoms with van der Waals surface area (Å²) in [4.78, 5) is 24.6. The molecule has 1 aromatic carbocycles. The highest BCUT2D eigenvalue weighted by Gasteiger charge is 2.22. The van der Waals surface area contributed by atoms with Crippen LogP contribution in [0, 0.1) is 0 Å². The molecular weight excluding hydrogens is 346 g/mol. The molecule has 1 aromatic heterocycles. The fourth-order valence-corrected chi connectivity index (χ4v) is 2.87. The van der Waals surface area contributed by atoms with Crippen LogP contribution < -0.4 is 15.0 Å². The van der Waals surface area contributed by atoms with Crippen molar-refractivity contribution in [1.82, 2.24) is 14.9 Å². The molecule has 2 heterocycles. The molecule has 0 bridgehead atoms. The van der Waals surface area contributed by atoms with Crippen molar-refractivity contribution in [3.63, 3.8) is 0 Å². The highest BCUT2D eigenvalue weighted by atomic mass is 16.6. The van der Waals surface area contributed by atoms with Crippen LogP contribution in [0.25, 0.3) is 0 Å². The molecule has 0 saturated carbocycles. The predicted molar refractivity (Wildman–Crippen MR) is 103 cm³/mol. The van der Waals surface area contributed by atoms with Gasteiger partial charge >= 0.3 is 6.09 Å². The predicted octanol–water partition coefficient (Wildman–Crippen LogP) is 2.38. The van der Waals surface area contributed by atoms with Gasteiger partial charge in [-0.15, -0.1) is 0 Å². The number of amides is 1. The fraction of sp³-hybridized carbons (Fsp3) is 0.421. The molecular formula is C19H25N5O3. The summed E-state index contributed by atoms with van der Waals surface area (Å²) in [5.74, 6) is 2.26. The van der Waals surface area contributed by atoms with Gasteiger partial charge in [-0.1, -0.05) is 12.1 Å². The number of hydrogen-bond donors (Lipinski definition) is 1. The highest BCUT2D eigenvalue weighted by Crippen LogP contribution is 2.16. The molecule has 1 aliphatic heterocycles. The molecule has 144 valence electrons. The molecule has 27 heavy (non-hydrogen) atoms. The van der Waals surface area contributed by atoms with E-state index in [1.165, 1.54) is 0 Å². The van der Waals surface area contributed by atoms with Gasteiger partial charge in [0.1, 0.15) is 11.6 Å². The van der Waals surface area contributed by atoms with Gasteiger partial charge in [0.2, 0.25) is 5.95 Å². The maximum absolute atomic E-state index is 11.8. The number of anilines is 2. The van der Waals surface area contributed by atoms with Crippen LogP contribution in [0.5, 0.6) is 5.75 Å². The molecule has 1 amide bonds. The number of ether oxygens (including phenoxy) is 2. The lowest BCUT2D eigenvalue weighted by Crippen LogP contribution is -2.49. The van der Waals surface area contributed by atoms with Crippen molar-refractivity contribution in [2.75, 3.05) is 50.1 Å². The second-order valence-corrected chi connectivity index (χ2v) is 6.11. The van der Waals surface area contributed by atoms with Crippen LogP contribution in [0.2, 0.25) is 0 Å². The Balaban J connectivity index is 1.55. The maximum Gasteiger partial charge on any atom is 0.409 e. The molecule has 0 aliphatic carbocycles. The monoisotopic (exact) mass is 371 g/mol. The third-order valence-electron chi connectivity index (χ3n) is 4.38. The van der Waals surface area contributed by atoms with Crippen LogP contribution >= 0.6 is 0 Å². The summed E-state index contributed by atoms with van der Waals surface area (Å²) in [5, 5.41) is 3.25. The third-order valence-corrected chi connectivity index (χ3v) is 4.38. The number of piperazine rings is 1. The Morgan fingerprint density at radius 2 is 1.89 bits per heavy atom. The maximum atomic E-state index is 11.8. The van der Waals surface area contributed by atoms with Crippen molar-refractivity contribution >= 4 is 17.9 Å². The van der Waals surface area contributed by atoms with Gasteiger partial charge in [0.15, 0.2) is 0 Å². The molecule has 8 nitrogen and oxygen atoms in total. The van der Waals surface area contributed by atoms with E-state index in [9.17, 15) is 4.79 Å². The minimum Gasteiger partial charge on any atom is -0.497 e. The van der Waals surface area contributed by atoms with Crippen molar-refractivity contribution in [3.8, 4) is 5.75 Å². The smallest absolute Gasteiger partial charge is 0.409 e. The van der Waals surface area contributed by atoms with E-state index in [1.807, 2.05) is 37.3 Å². The zero-order valence-corrected chi connectivity index (χ0v) is 15.7. The standard InChI is InChI=1S/C19H25N5O3/c1-3-27-19(25)24-12-10-23(11-13-24)17-8-9-20-18(22-17)21-14-15-4-6-16(26-2)7-5-15/h4-9H,3,10-14H2,1-2H3,(H,20,21,22). The zero-order valence-electron chi connectivity index (χ0n) is 15.7. The number of carbonyl (C=O) groups is 1. The van der Waals surface area contributed by atoms with E-state index in [-0.39, 0.29) is 6.09 Å². The van der Waals surface area contributed by atoms with Gasteiger partial charge in [-0.05, 0) is 30.7 Å². The number of nitrogens with zero attached hydrogens (tertiary/aromatic N) is 4. The molecule has 0 atom stereocenters. The molecule has 1 saturated heterocycles. The number of rotatable bonds is 6. The molecule has 8 heteroatoms. The van der Waals surface area contributed by atoms with E-state index in [4.69, 9.17) is 9.47 Å². The highest BCUT2D eigenvalue weighted by molar-refractivity contribution is 5.68. The van der Waals surface area contributed by atoms with E-state index >= 15 is 0 Å². The first-order chi connectivity index (χ1) is 13.2. The van der Waals surface area contributed by atoms with E-state index in [0.29, 0.717) is 45.3 Å². The van der Waals surface area contributed by atoms with Crippen LogP contribution in [0.4, 0.5) is 16.6 Å². The first-order valence-corrected chi connectivity index (χ1v) is 9.06. The molecule has 0 radical (unpaired) electrons. The lowest BCUT2D eigenvalue weighted by molar-refractivity contribution is 0.105. The van der Waals surface area contributed by atoms with Crippen molar-refractivity contribution in [2.45, 2.75) is 13.5 Å². The number of methoxy groups -OCH3 is 1. The second-order valence-electron chi connectivity index (χ2n) is 6.11. The normalized spacial score (nSPS) is 14.0. The van der Waals surface area contributed by atoms with Gasteiger partial charge in [-0.3, -0.25) is 0 Å². The molecule has 0 unspecified atom stereocenters. The van der Waals surface area contributed by atoms with Gasteiger partial charge in [-0.25, -0.2) is 9.78 Å². The average Bonchev–Trinajstić information content (AvgIpc) is 2.73. The van der Waals surface area contributed by atoms with Crippen LogP contribution in [0.3, 0.4) is 0 Å². The van der Waals surface area contributed by atoms with Gasteiger partial charge < -0.3 is 24.6 Å². The van der Waals surface area contributed by atoms with Crippen LogP contribution in [-0.4, -0.2) is 60.9 Å². The number of aromatic nitrogens is 2. The Morgan fingerprint density at radius 1 is 1.15 bits per heavy atom. The van der Waals surface area contributed by atoms with Gasteiger partial charge in [0.05, 0.1) is 13.7 Å². The third kappa shape index (κ3) is 4.99. The lowest BCUT2D eigenvalue weighted by Gasteiger charge is -2.34. The largest absolute Gasteiger partial charge is 0.497 e. The molecule has 2 aromatic rings. The fourth-order valence-electron chi connectivity index (χ4n) is 2.87. The van der Waals surface area contributed by atoms with E-state index < -0.39 is 0 Å². The average molecular weight is 371 g/mol. The quantitative estimate of drug-likeness (QED) is 0.835. The molecule has 1 fully saturated rings. The number of carbonyl (C=O) groups excluding carboxylic acids is 1. The minimum atomic E-state index is -0.248. The van der Waals surface area contributed by atoms with Crippen molar-refractivity contribution < 1.29 is 14.3 Å². The van der Waals surface area contributed by atoms with Gasteiger partial charge in [-0.2, -0.15) is 4.98 Å². The van der Waals surface area contributed by atoms with Crippen molar-refractivity contribution in [1.29, 1.82) is 0 Å². The topological polar surface area (TPSA) is 79.8 Å². The van der Waals surface area contributed by atoms with Crippen molar-refractivity contribution in [3.05, 3.63) is 42.1 Å². The lowest BCUT2D eigenvalue weighted by atomic mass is 10.2. The number of nitrogens with one attached hydrogen (secondary N) is 1. The van der Waals surface area contributed by atoms with E-state index in [0.717, 1.165) is 17.1 Å². The van der Waals surface area contributed by atoms with Crippen LogP contribution in [0.15, 0.2) is 36.5 Å². The second kappa shape index (κ2) is 9.07. The first kappa shape index (κ1) is 18.8. The summed E-state index contributed by atoms with van der Waals surface area (Å²) in [6.45, 7) is 5.52. The minimum absolute atomic E-state index is 0.248. The summed E-state index contributed by atoms with van der Waals surface area (Å²) in [7, 11) is 1.65. The number of hydrogen-bond acceptors (Lipinski definition) is 7. The summed E-state index contributed by atoms with van der Waals surface area (Å²) in [6.07, 6.45) is 1.50. The van der Waals surface area contributed by atoms with E-state index in [2.05, 4.69) is 20.2 Å². The van der Waals surface area contributed by atoms with E-state index in [1.54, 1.807) is 18.2 Å². The SMILES string of the molecule is CCOC(=O)N1CCN(c2ccnc(NCc3ccc(OC)cc3)n2)CC1. The Bertz CT molecular complexity index is 745. The Hall–Kier alpha value is -3.03. The first-order valence-electron chi connectivity index (χ1n) is 9.06. The van der Waals surface area contributed by atoms with Gasteiger partial charge in [0.25, 0.3) is 0 Å².